The number of guanidine groups is 1. The average molecular weight is 516 g/mol. The van der Waals surface area contributed by atoms with Gasteiger partial charge in [0.15, 0.2) is 5.96 Å². The van der Waals surface area contributed by atoms with E-state index in [4.69, 9.17) is 0 Å². The Morgan fingerprint density at radius 1 is 1.04 bits per heavy atom. The van der Waals surface area contributed by atoms with Gasteiger partial charge in [0.05, 0.1) is 11.4 Å². The summed E-state index contributed by atoms with van der Waals surface area (Å²) in [6.07, 6.45) is 0. The van der Waals surface area contributed by atoms with E-state index >= 15 is 0 Å². The number of nitrogens with zero attached hydrogens (tertiary/aromatic N) is 2. The van der Waals surface area contributed by atoms with Crippen molar-refractivity contribution in [3.8, 4) is 0 Å². The largest absolute Gasteiger partial charge is 0.357 e. The highest BCUT2D eigenvalue weighted by atomic mass is 127. The van der Waals surface area contributed by atoms with Gasteiger partial charge in [-0.1, -0.05) is 36.4 Å². The second-order valence-electron chi connectivity index (χ2n) is 6.41. The predicted octanol–water partition coefficient (Wildman–Crippen LogP) is 3.12. The molecular weight excluding hydrogens is 487 g/mol. The van der Waals surface area contributed by atoms with Gasteiger partial charge in [0.2, 0.25) is 10.0 Å². The third kappa shape index (κ3) is 6.75. The number of rotatable bonds is 7. The Kier molecular flexibility index (Phi) is 9.91. The number of halogens is 1. The molecule has 28 heavy (non-hydrogen) atoms. The molecule has 0 saturated heterocycles. The summed E-state index contributed by atoms with van der Waals surface area (Å²) in [7, 11) is -0.356. The van der Waals surface area contributed by atoms with Gasteiger partial charge in [0, 0.05) is 27.2 Å². The van der Waals surface area contributed by atoms with E-state index in [0.29, 0.717) is 13.1 Å². The number of aliphatic imine (C=N–C) groups is 1. The Bertz CT molecular complexity index is 881. The maximum absolute atomic E-state index is 12.1. The zero-order chi connectivity index (χ0) is 19.9. The van der Waals surface area contributed by atoms with Crippen LogP contribution in [0.4, 0.5) is 0 Å². The van der Waals surface area contributed by atoms with Crippen molar-refractivity contribution < 1.29 is 8.42 Å². The van der Waals surface area contributed by atoms with Gasteiger partial charge in [-0.05, 0) is 42.7 Å². The molecule has 0 saturated carbocycles. The second kappa shape index (κ2) is 11.4. The van der Waals surface area contributed by atoms with E-state index in [-0.39, 0.29) is 28.9 Å². The number of benzene rings is 2. The topological polar surface area (TPSA) is 73.8 Å². The lowest BCUT2D eigenvalue weighted by Crippen LogP contribution is -2.36. The fraction of sp³-hybridized carbons (Fsp3) is 0.350. The van der Waals surface area contributed by atoms with E-state index < -0.39 is 10.0 Å². The van der Waals surface area contributed by atoms with Crippen molar-refractivity contribution in [2.24, 2.45) is 4.99 Å². The molecule has 0 aliphatic carbocycles. The molecule has 154 valence electrons. The molecule has 0 aromatic heterocycles. The zero-order valence-corrected chi connectivity index (χ0v) is 19.9. The molecule has 0 radical (unpaired) electrons. The van der Waals surface area contributed by atoms with Crippen LogP contribution in [-0.4, -0.2) is 39.3 Å². The molecular formula is C20H29IN4O2S. The first-order valence-corrected chi connectivity index (χ1v) is 10.4. The summed E-state index contributed by atoms with van der Waals surface area (Å²) in [5, 5.41) is 6.56. The van der Waals surface area contributed by atoms with Crippen molar-refractivity contribution in [2.45, 2.75) is 31.8 Å². The van der Waals surface area contributed by atoms with Crippen LogP contribution in [0.25, 0.3) is 0 Å². The van der Waals surface area contributed by atoms with E-state index in [1.54, 1.807) is 24.3 Å². The maximum atomic E-state index is 12.1. The molecule has 0 unspecified atom stereocenters. The number of aryl methyl sites for hydroxylation is 1. The Hall–Kier alpha value is -1.65. The molecule has 2 aromatic carbocycles. The van der Waals surface area contributed by atoms with E-state index in [2.05, 4.69) is 34.7 Å². The van der Waals surface area contributed by atoms with Gasteiger partial charge in [0.25, 0.3) is 0 Å². The van der Waals surface area contributed by atoms with Crippen molar-refractivity contribution in [3.63, 3.8) is 0 Å². The molecule has 0 spiro atoms. The van der Waals surface area contributed by atoms with Crippen LogP contribution in [0.3, 0.4) is 0 Å². The first kappa shape index (κ1) is 24.4. The number of hydrogen-bond donors (Lipinski definition) is 2. The molecule has 2 aromatic rings. The molecule has 0 bridgehead atoms. The minimum atomic E-state index is -3.40. The first-order chi connectivity index (χ1) is 12.8. The summed E-state index contributed by atoms with van der Waals surface area (Å²) < 4.78 is 25.4. The highest BCUT2D eigenvalue weighted by Crippen LogP contribution is 2.14. The monoisotopic (exact) mass is 516 g/mol. The third-order valence-electron chi connectivity index (χ3n) is 4.17. The van der Waals surface area contributed by atoms with Gasteiger partial charge in [-0.15, -0.1) is 24.0 Å². The standard InChI is InChI=1S/C20H28N4O2S.HI/c1-5-21-20(23-15-18-9-7-6-8-16(18)2)22-14-17-10-12-19(13-11-17)27(25,26)24(3)4;/h6-13H,5,14-15H2,1-4H3,(H2,21,22,23);1H. The highest BCUT2D eigenvalue weighted by Gasteiger charge is 2.16. The molecule has 0 atom stereocenters. The second-order valence-corrected chi connectivity index (χ2v) is 8.56. The fourth-order valence-electron chi connectivity index (χ4n) is 2.48. The lowest BCUT2D eigenvalue weighted by Gasteiger charge is -2.13. The van der Waals surface area contributed by atoms with Gasteiger partial charge in [0.1, 0.15) is 0 Å². The van der Waals surface area contributed by atoms with E-state index in [1.165, 1.54) is 29.5 Å². The van der Waals surface area contributed by atoms with Crippen molar-refractivity contribution in [1.29, 1.82) is 0 Å². The Labute approximate surface area is 185 Å². The van der Waals surface area contributed by atoms with Crippen LogP contribution in [-0.2, 0) is 23.1 Å². The fourth-order valence-corrected chi connectivity index (χ4v) is 3.38. The third-order valence-corrected chi connectivity index (χ3v) is 6.00. The molecule has 2 rings (SSSR count). The smallest absolute Gasteiger partial charge is 0.242 e. The summed E-state index contributed by atoms with van der Waals surface area (Å²) in [5.41, 5.74) is 3.40. The Morgan fingerprint density at radius 2 is 1.68 bits per heavy atom. The molecule has 0 aliphatic rings. The lowest BCUT2D eigenvalue weighted by molar-refractivity contribution is 0.520. The van der Waals surface area contributed by atoms with Crippen LogP contribution >= 0.6 is 24.0 Å². The van der Waals surface area contributed by atoms with E-state index in [1.807, 2.05) is 19.1 Å². The van der Waals surface area contributed by atoms with Gasteiger partial charge in [-0.3, -0.25) is 0 Å². The summed E-state index contributed by atoms with van der Waals surface area (Å²) in [5.74, 6) is 0.728. The Morgan fingerprint density at radius 3 is 2.25 bits per heavy atom. The van der Waals surface area contributed by atoms with Crippen molar-refractivity contribution in [3.05, 3.63) is 65.2 Å². The summed E-state index contributed by atoms with van der Waals surface area (Å²) in [4.78, 5) is 4.87. The molecule has 8 heteroatoms. The summed E-state index contributed by atoms with van der Waals surface area (Å²) in [6, 6.07) is 15.1. The maximum Gasteiger partial charge on any atom is 0.242 e. The average Bonchev–Trinajstić information content (AvgIpc) is 2.65. The lowest BCUT2D eigenvalue weighted by atomic mass is 10.1. The zero-order valence-electron chi connectivity index (χ0n) is 16.8. The minimum absolute atomic E-state index is 0. The van der Waals surface area contributed by atoms with Crippen LogP contribution in [0.1, 0.15) is 23.6 Å². The van der Waals surface area contributed by atoms with Crippen LogP contribution < -0.4 is 10.6 Å². The summed E-state index contributed by atoms with van der Waals surface area (Å²) in [6.45, 7) is 6.03. The minimum Gasteiger partial charge on any atom is -0.357 e. The quantitative estimate of drug-likeness (QED) is 0.337. The highest BCUT2D eigenvalue weighted by molar-refractivity contribution is 14.0. The number of sulfonamides is 1. The van der Waals surface area contributed by atoms with Gasteiger partial charge < -0.3 is 10.6 Å². The van der Waals surface area contributed by atoms with Gasteiger partial charge in [-0.25, -0.2) is 17.7 Å². The van der Waals surface area contributed by atoms with E-state index in [9.17, 15) is 8.42 Å². The SMILES string of the molecule is CCNC(=NCc1ccc(S(=O)(=O)N(C)C)cc1)NCc1ccccc1C.I. The van der Waals surface area contributed by atoms with Crippen molar-refractivity contribution in [1.82, 2.24) is 14.9 Å². The molecule has 2 N–H and O–H groups in total. The normalized spacial score (nSPS) is 11.8. The molecule has 0 aliphatic heterocycles. The van der Waals surface area contributed by atoms with Crippen LogP contribution in [0.15, 0.2) is 58.4 Å². The number of hydrogen-bond acceptors (Lipinski definition) is 3. The van der Waals surface area contributed by atoms with E-state index in [0.717, 1.165) is 18.1 Å². The van der Waals surface area contributed by atoms with Gasteiger partial charge >= 0.3 is 0 Å². The van der Waals surface area contributed by atoms with Crippen molar-refractivity contribution in [2.75, 3.05) is 20.6 Å². The first-order valence-electron chi connectivity index (χ1n) is 8.92. The number of nitrogens with one attached hydrogen (secondary N) is 2. The van der Waals surface area contributed by atoms with Gasteiger partial charge in [-0.2, -0.15) is 0 Å². The van der Waals surface area contributed by atoms with Crippen molar-refractivity contribution >= 4 is 40.0 Å². The molecule has 0 amide bonds. The molecule has 0 fully saturated rings. The van der Waals surface area contributed by atoms with Crippen LogP contribution in [0.2, 0.25) is 0 Å². The molecule has 0 heterocycles. The Balaban J connectivity index is 0.00000392. The molecule has 6 nitrogen and oxygen atoms in total. The predicted molar refractivity (Wildman–Crippen MR) is 126 cm³/mol. The van der Waals surface area contributed by atoms with Crippen LogP contribution in [0, 0.1) is 6.92 Å². The summed E-state index contributed by atoms with van der Waals surface area (Å²) >= 11 is 0. The van der Waals surface area contributed by atoms with Crippen LogP contribution in [0.5, 0.6) is 0 Å².